The smallest absolute Gasteiger partial charge is 0.338 e. The van der Waals surface area contributed by atoms with Crippen LogP contribution in [0.2, 0.25) is 0 Å². The average molecular weight is 365 g/mol. The van der Waals surface area contributed by atoms with Gasteiger partial charge in [0.15, 0.2) is 0 Å². The number of hydrogen-bond acceptors (Lipinski definition) is 2. The topological polar surface area (TPSA) is 46.3 Å². The van der Waals surface area contributed by atoms with E-state index in [4.69, 9.17) is 5.73 Å². The van der Waals surface area contributed by atoms with Crippen LogP contribution in [0.4, 0.5) is 13.2 Å². The zero-order chi connectivity index (χ0) is 15.6. The highest BCUT2D eigenvalue weighted by molar-refractivity contribution is 9.10. The number of carbonyl (C=O) groups excluding carboxylic acids is 1. The van der Waals surface area contributed by atoms with Gasteiger partial charge in [-0.25, -0.2) is 0 Å². The summed E-state index contributed by atoms with van der Waals surface area (Å²) in [5.41, 5.74) is 4.85. The molecule has 1 aliphatic heterocycles. The van der Waals surface area contributed by atoms with Gasteiger partial charge in [0, 0.05) is 17.6 Å². The van der Waals surface area contributed by atoms with Gasteiger partial charge < -0.3 is 10.6 Å². The maximum absolute atomic E-state index is 12.8. The van der Waals surface area contributed by atoms with Crippen molar-refractivity contribution in [3.63, 3.8) is 0 Å². The predicted molar refractivity (Wildman–Crippen MR) is 76.8 cm³/mol. The van der Waals surface area contributed by atoms with Gasteiger partial charge in [0.05, 0.1) is 11.1 Å². The molecule has 1 aromatic carbocycles. The molecule has 116 valence electrons. The van der Waals surface area contributed by atoms with Crippen molar-refractivity contribution in [3.05, 3.63) is 33.8 Å². The Kier molecular flexibility index (Phi) is 4.93. The van der Waals surface area contributed by atoms with Crippen molar-refractivity contribution < 1.29 is 18.0 Å². The van der Waals surface area contributed by atoms with Gasteiger partial charge in [-0.05, 0) is 59.4 Å². The second kappa shape index (κ2) is 6.36. The van der Waals surface area contributed by atoms with Gasteiger partial charge in [-0.2, -0.15) is 13.2 Å². The second-order valence-corrected chi connectivity index (χ2v) is 6.04. The molecule has 3 nitrogen and oxygen atoms in total. The van der Waals surface area contributed by atoms with Crippen LogP contribution in [0.15, 0.2) is 22.7 Å². The Morgan fingerprint density at radius 1 is 1.43 bits per heavy atom. The predicted octanol–water partition coefficient (Wildman–Crippen LogP) is 3.28. The third kappa shape index (κ3) is 3.77. The Balaban J connectivity index is 2.26. The molecule has 1 fully saturated rings. The van der Waals surface area contributed by atoms with Gasteiger partial charge in [0.25, 0.3) is 5.91 Å². The molecule has 1 amide bonds. The van der Waals surface area contributed by atoms with E-state index in [0.29, 0.717) is 24.1 Å². The average Bonchev–Trinajstić information content (AvgIpc) is 2.46. The minimum Gasteiger partial charge on any atom is -0.338 e. The zero-order valence-corrected chi connectivity index (χ0v) is 12.9. The molecular formula is C14H16BrF3N2O. The number of nitrogens with zero attached hydrogens (tertiary/aromatic N) is 1. The maximum atomic E-state index is 12.8. The molecule has 1 unspecified atom stereocenters. The van der Waals surface area contributed by atoms with E-state index < -0.39 is 11.7 Å². The summed E-state index contributed by atoms with van der Waals surface area (Å²) in [6, 6.07) is 3.12. The minimum atomic E-state index is -4.46. The quantitative estimate of drug-likeness (QED) is 0.875. The van der Waals surface area contributed by atoms with Crippen molar-refractivity contribution in [2.75, 3.05) is 19.6 Å². The van der Waals surface area contributed by atoms with Crippen LogP contribution >= 0.6 is 15.9 Å². The van der Waals surface area contributed by atoms with E-state index in [1.54, 1.807) is 4.90 Å². The first-order chi connectivity index (χ1) is 9.82. The lowest BCUT2D eigenvalue weighted by atomic mass is 9.97. The number of carbonyl (C=O) groups is 1. The number of amides is 1. The first-order valence-electron chi connectivity index (χ1n) is 6.69. The number of rotatable bonds is 2. The number of benzene rings is 1. The number of likely N-dealkylation sites (tertiary alicyclic amines) is 1. The molecule has 0 aliphatic carbocycles. The van der Waals surface area contributed by atoms with Crippen LogP contribution in [0.3, 0.4) is 0 Å². The zero-order valence-electron chi connectivity index (χ0n) is 11.3. The van der Waals surface area contributed by atoms with Crippen molar-refractivity contribution in [2.45, 2.75) is 19.0 Å². The van der Waals surface area contributed by atoms with Gasteiger partial charge in [-0.15, -0.1) is 0 Å². The number of alkyl halides is 3. The second-order valence-electron chi connectivity index (χ2n) is 5.19. The molecule has 1 aliphatic rings. The van der Waals surface area contributed by atoms with Crippen LogP contribution in [0, 0.1) is 5.92 Å². The summed E-state index contributed by atoms with van der Waals surface area (Å²) in [5, 5.41) is 0. The summed E-state index contributed by atoms with van der Waals surface area (Å²) in [6.45, 7) is 1.53. The van der Waals surface area contributed by atoms with Gasteiger partial charge >= 0.3 is 6.18 Å². The SMILES string of the molecule is NCC1CCCN(C(=O)c2cc(C(F)(F)F)ccc2Br)C1. The van der Waals surface area contributed by atoms with Crippen LogP contribution in [0.5, 0.6) is 0 Å². The molecule has 21 heavy (non-hydrogen) atoms. The third-order valence-electron chi connectivity index (χ3n) is 3.66. The monoisotopic (exact) mass is 364 g/mol. The maximum Gasteiger partial charge on any atom is 0.416 e. The van der Waals surface area contributed by atoms with E-state index in [0.717, 1.165) is 25.0 Å². The first kappa shape index (κ1) is 16.3. The van der Waals surface area contributed by atoms with Crippen molar-refractivity contribution in [1.29, 1.82) is 0 Å². The van der Waals surface area contributed by atoms with Gasteiger partial charge in [-0.3, -0.25) is 4.79 Å². The lowest BCUT2D eigenvalue weighted by Crippen LogP contribution is -2.42. The highest BCUT2D eigenvalue weighted by Gasteiger charge is 2.32. The van der Waals surface area contributed by atoms with Crippen LogP contribution < -0.4 is 5.73 Å². The number of piperidine rings is 1. The summed E-state index contributed by atoms with van der Waals surface area (Å²) >= 11 is 3.16. The van der Waals surface area contributed by atoms with Crippen molar-refractivity contribution in [3.8, 4) is 0 Å². The van der Waals surface area contributed by atoms with E-state index >= 15 is 0 Å². The first-order valence-corrected chi connectivity index (χ1v) is 7.48. The van der Waals surface area contributed by atoms with Crippen molar-refractivity contribution in [1.82, 2.24) is 4.90 Å². The standard InChI is InChI=1S/C14H16BrF3N2O/c15-12-4-3-10(14(16,17)18)6-11(12)13(21)20-5-1-2-9(7-19)8-20/h3-4,6,9H,1-2,5,7-8,19H2. The Bertz CT molecular complexity index is 533. The van der Waals surface area contributed by atoms with E-state index in [-0.39, 0.29) is 17.4 Å². The highest BCUT2D eigenvalue weighted by atomic mass is 79.9. The highest BCUT2D eigenvalue weighted by Crippen LogP contribution is 2.32. The van der Waals surface area contributed by atoms with Gasteiger partial charge in [0.2, 0.25) is 0 Å². The molecular weight excluding hydrogens is 349 g/mol. The molecule has 2 rings (SSSR count). The minimum absolute atomic E-state index is 0.0440. The molecule has 0 aromatic heterocycles. The normalized spacial score (nSPS) is 19.7. The van der Waals surface area contributed by atoms with Crippen molar-refractivity contribution >= 4 is 21.8 Å². The lowest BCUT2D eigenvalue weighted by Gasteiger charge is -2.32. The van der Waals surface area contributed by atoms with E-state index in [1.807, 2.05) is 0 Å². The fraction of sp³-hybridized carbons (Fsp3) is 0.500. The van der Waals surface area contributed by atoms with E-state index in [9.17, 15) is 18.0 Å². The summed E-state index contributed by atoms with van der Waals surface area (Å²) in [5.74, 6) is -0.168. The van der Waals surface area contributed by atoms with Crippen LogP contribution in [-0.4, -0.2) is 30.4 Å². The molecule has 1 heterocycles. The fourth-order valence-corrected chi connectivity index (χ4v) is 2.89. The van der Waals surface area contributed by atoms with Crippen LogP contribution in [0.25, 0.3) is 0 Å². The lowest BCUT2D eigenvalue weighted by molar-refractivity contribution is -0.137. The fourth-order valence-electron chi connectivity index (χ4n) is 2.48. The molecule has 7 heteroatoms. The van der Waals surface area contributed by atoms with Crippen molar-refractivity contribution in [2.24, 2.45) is 11.7 Å². The summed E-state index contributed by atoms with van der Waals surface area (Å²) in [7, 11) is 0. The Hall–Kier alpha value is -1.08. The summed E-state index contributed by atoms with van der Waals surface area (Å²) < 4.78 is 38.7. The van der Waals surface area contributed by atoms with E-state index in [2.05, 4.69) is 15.9 Å². The molecule has 0 bridgehead atoms. The molecule has 0 spiro atoms. The number of hydrogen-bond donors (Lipinski definition) is 1. The summed E-state index contributed by atoms with van der Waals surface area (Å²) in [4.78, 5) is 14.0. The van der Waals surface area contributed by atoms with Gasteiger partial charge in [0.1, 0.15) is 0 Å². The Labute approximate surface area is 129 Å². The number of nitrogens with two attached hydrogens (primary N) is 1. The molecule has 2 N–H and O–H groups in total. The molecule has 0 radical (unpaired) electrons. The molecule has 1 saturated heterocycles. The largest absolute Gasteiger partial charge is 0.416 e. The third-order valence-corrected chi connectivity index (χ3v) is 4.36. The van der Waals surface area contributed by atoms with E-state index in [1.165, 1.54) is 6.07 Å². The van der Waals surface area contributed by atoms with Crippen LogP contribution in [-0.2, 0) is 6.18 Å². The number of halogens is 4. The Morgan fingerprint density at radius 2 is 2.14 bits per heavy atom. The molecule has 0 saturated carbocycles. The summed E-state index contributed by atoms with van der Waals surface area (Å²) in [6.07, 6.45) is -2.69. The van der Waals surface area contributed by atoms with Gasteiger partial charge in [-0.1, -0.05) is 0 Å². The molecule has 1 aromatic rings. The Morgan fingerprint density at radius 3 is 2.76 bits per heavy atom. The van der Waals surface area contributed by atoms with Crippen LogP contribution in [0.1, 0.15) is 28.8 Å². The molecule has 1 atom stereocenters.